The van der Waals surface area contributed by atoms with Crippen molar-refractivity contribution in [2.75, 3.05) is 19.0 Å². The first kappa shape index (κ1) is 19.3. The van der Waals surface area contributed by atoms with Gasteiger partial charge in [-0.05, 0) is 44.9 Å². The fraction of sp³-hybridized carbons (Fsp3) is 0.474. The third-order valence-electron chi connectivity index (χ3n) is 4.06. The first-order valence-electron chi connectivity index (χ1n) is 8.65. The molecule has 136 valence electrons. The monoisotopic (exact) mass is 363 g/mol. The topological polar surface area (TPSA) is 56.3 Å². The Morgan fingerprint density at radius 3 is 2.44 bits per heavy atom. The van der Waals surface area contributed by atoms with E-state index in [0.717, 1.165) is 29.8 Å². The van der Waals surface area contributed by atoms with Crippen molar-refractivity contribution < 1.29 is 9.47 Å². The zero-order valence-electron chi connectivity index (χ0n) is 15.5. The lowest BCUT2D eigenvalue weighted by molar-refractivity contribution is 0.340. The van der Waals surface area contributed by atoms with Crippen molar-refractivity contribution in [3.05, 3.63) is 28.9 Å². The molecule has 0 aliphatic carbocycles. The number of methoxy groups -OCH3 is 1. The first-order chi connectivity index (χ1) is 12.0. The number of aryl methyl sites for hydroxylation is 1. The molecule has 25 heavy (non-hydrogen) atoms. The van der Waals surface area contributed by atoms with Gasteiger partial charge in [-0.1, -0.05) is 25.4 Å². The second kappa shape index (κ2) is 8.90. The molecule has 0 spiro atoms. The summed E-state index contributed by atoms with van der Waals surface area (Å²) in [7, 11) is 1.60. The van der Waals surface area contributed by atoms with Crippen molar-refractivity contribution in [1.82, 2.24) is 9.97 Å². The standard InChI is InChI=1S/C19H26ClN3O2/c1-6-13(7-2)22-18-19(24-5)23-17(12(4)21-18)15-10-9-14(25-8-3)11-16(15)20/h9-11,13H,6-8H2,1-5H3,(H,21,22). The minimum absolute atomic E-state index is 0.336. The number of hydrogen-bond acceptors (Lipinski definition) is 5. The summed E-state index contributed by atoms with van der Waals surface area (Å²) in [5, 5.41) is 3.98. The van der Waals surface area contributed by atoms with Gasteiger partial charge in [0.25, 0.3) is 5.88 Å². The minimum atomic E-state index is 0.336. The number of nitrogens with one attached hydrogen (secondary N) is 1. The van der Waals surface area contributed by atoms with Gasteiger partial charge >= 0.3 is 0 Å². The summed E-state index contributed by atoms with van der Waals surface area (Å²) < 4.78 is 10.9. The maximum absolute atomic E-state index is 6.43. The zero-order valence-corrected chi connectivity index (χ0v) is 16.3. The van der Waals surface area contributed by atoms with E-state index in [1.165, 1.54) is 0 Å². The summed E-state index contributed by atoms with van der Waals surface area (Å²) in [6.07, 6.45) is 2.01. The molecule has 6 heteroatoms. The lowest BCUT2D eigenvalue weighted by atomic mass is 10.1. The van der Waals surface area contributed by atoms with Gasteiger partial charge in [0, 0.05) is 11.6 Å². The number of ether oxygens (including phenoxy) is 2. The molecule has 0 aliphatic heterocycles. The molecule has 2 aromatic rings. The van der Waals surface area contributed by atoms with Crippen molar-refractivity contribution in [3.8, 4) is 22.9 Å². The highest BCUT2D eigenvalue weighted by Gasteiger charge is 2.17. The van der Waals surface area contributed by atoms with Crippen LogP contribution in [0.5, 0.6) is 11.6 Å². The summed E-state index contributed by atoms with van der Waals surface area (Å²) in [4.78, 5) is 9.31. The number of nitrogens with zero attached hydrogens (tertiary/aromatic N) is 2. The Bertz CT molecular complexity index is 718. The number of benzene rings is 1. The Morgan fingerprint density at radius 2 is 1.88 bits per heavy atom. The second-order valence-electron chi connectivity index (χ2n) is 5.75. The van der Waals surface area contributed by atoms with Gasteiger partial charge in [0.2, 0.25) is 0 Å². The van der Waals surface area contributed by atoms with Gasteiger partial charge in [-0.2, -0.15) is 0 Å². The van der Waals surface area contributed by atoms with Gasteiger partial charge in [-0.15, -0.1) is 0 Å². The normalized spacial score (nSPS) is 10.8. The van der Waals surface area contributed by atoms with E-state index < -0.39 is 0 Å². The molecule has 0 radical (unpaired) electrons. The van der Waals surface area contributed by atoms with Gasteiger partial charge in [0.1, 0.15) is 5.75 Å². The van der Waals surface area contributed by atoms with E-state index >= 15 is 0 Å². The zero-order chi connectivity index (χ0) is 18.4. The lowest BCUT2D eigenvalue weighted by Crippen LogP contribution is -2.19. The van der Waals surface area contributed by atoms with E-state index in [4.69, 9.17) is 21.1 Å². The third kappa shape index (κ3) is 4.54. The molecule has 0 amide bonds. The molecule has 2 rings (SSSR count). The quantitative estimate of drug-likeness (QED) is 0.705. The average molecular weight is 364 g/mol. The van der Waals surface area contributed by atoms with Crippen LogP contribution in [-0.2, 0) is 0 Å². The van der Waals surface area contributed by atoms with Crippen LogP contribution in [-0.4, -0.2) is 29.7 Å². The highest BCUT2D eigenvalue weighted by molar-refractivity contribution is 6.33. The molecule has 0 fully saturated rings. The molecule has 5 nitrogen and oxygen atoms in total. The highest BCUT2D eigenvalue weighted by atomic mass is 35.5. The van der Waals surface area contributed by atoms with Crippen LogP contribution < -0.4 is 14.8 Å². The van der Waals surface area contributed by atoms with Crippen LogP contribution in [0.2, 0.25) is 5.02 Å². The van der Waals surface area contributed by atoms with Crippen LogP contribution in [0.4, 0.5) is 5.82 Å². The molecular weight excluding hydrogens is 338 g/mol. The molecule has 1 aromatic carbocycles. The van der Waals surface area contributed by atoms with Gasteiger partial charge in [-0.25, -0.2) is 9.97 Å². The van der Waals surface area contributed by atoms with Crippen LogP contribution >= 0.6 is 11.6 Å². The predicted octanol–water partition coefficient (Wildman–Crippen LogP) is 5.11. The molecular formula is C19H26ClN3O2. The number of aromatic nitrogens is 2. The Labute approximate surface area is 154 Å². The van der Waals surface area contributed by atoms with Crippen molar-refractivity contribution in [2.24, 2.45) is 0 Å². The minimum Gasteiger partial charge on any atom is -0.494 e. The van der Waals surface area contributed by atoms with Crippen LogP contribution in [0.15, 0.2) is 18.2 Å². The Hall–Kier alpha value is -2.01. The number of hydrogen-bond donors (Lipinski definition) is 1. The molecule has 1 heterocycles. The molecule has 0 unspecified atom stereocenters. The molecule has 0 saturated heterocycles. The van der Waals surface area contributed by atoms with E-state index in [2.05, 4.69) is 29.1 Å². The molecule has 0 saturated carbocycles. The van der Waals surface area contributed by atoms with Crippen LogP contribution in [0, 0.1) is 6.92 Å². The Balaban J connectivity index is 2.43. The van der Waals surface area contributed by atoms with Crippen molar-refractivity contribution in [2.45, 2.75) is 46.6 Å². The van der Waals surface area contributed by atoms with Crippen molar-refractivity contribution in [1.29, 1.82) is 0 Å². The van der Waals surface area contributed by atoms with E-state index in [9.17, 15) is 0 Å². The lowest BCUT2D eigenvalue weighted by Gasteiger charge is -2.19. The fourth-order valence-corrected chi connectivity index (χ4v) is 2.89. The van der Waals surface area contributed by atoms with E-state index in [0.29, 0.717) is 35.1 Å². The molecule has 1 aromatic heterocycles. The van der Waals surface area contributed by atoms with Gasteiger partial charge in [-0.3, -0.25) is 0 Å². The molecule has 0 bridgehead atoms. The fourth-order valence-electron chi connectivity index (χ4n) is 2.63. The Kier molecular flexibility index (Phi) is 6.88. The van der Waals surface area contributed by atoms with Gasteiger partial charge < -0.3 is 14.8 Å². The predicted molar refractivity (Wildman–Crippen MR) is 103 cm³/mol. The SMILES string of the molecule is CCOc1ccc(-c2nc(OC)c(NC(CC)CC)nc2C)c(Cl)c1. The number of rotatable bonds is 8. The molecule has 0 aliphatic rings. The van der Waals surface area contributed by atoms with E-state index in [-0.39, 0.29) is 0 Å². The summed E-state index contributed by atoms with van der Waals surface area (Å²) in [6, 6.07) is 5.92. The maximum Gasteiger partial charge on any atom is 0.257 e. The molecule has 1 N–H and O–H groups in total. The maximum atomic E-state index is 6.43. The summed E-state index contributed by atoms with van der Waals surface area (Å²) in [5.41, 5.74) is 2.31. The van der Waals surface area contributed by atoms with Gasteiger partial charge in [0.15, 0.2) is 5.82 Å². The largest absolute Gasteiger partial charge is 0.494 e. The summed E-state index contributed by atoms with van der Waals surface area (Å²) in [5.74, 6) is 1.87. The second-order valence-corrected chi connectivity index (χ2v) is 6.16. The number of anilines is 1. The van der Waals surface area contributed by atoms with Crippen LogP contribution in [0.3, 0.4) is 0 Å². The van der Waals surface area contributed by atoms with E-state index in [1.54, 1.807) is 13.2 Å². The number of halogens is 1. The van der Waals surface area contributed by atoms with Gasteiger partial charge in [0.05, 0.1) is 30.1 Å². The summed E-state index contributed by atoms with van der Waals surface area (Å²) >= 11 is 6.43. The first-order valence-corrected chi connectivity index (χ1v) is 9.03. The van der Waals surface area contributed by atoms with Crippen molar-refractivity contribution in [3.63, 3.8) is 0 Å². The average Bonchev–Trinajstić information content (AvgIpc) is 2.60. The van der Waals surface area contributed by atoms with Crippen LogP contribution in [0.1, 0.15) is 39.3 Å². The highest BCUT2D eigenvalue weighted by Crippen LogP contribution is 2.34. The Morgan fingerprint density at radius 1 is 1.16 bits per heavy atom. The third-order valence-corrected chi connectivity index (χ3v) is 4.38. The van der Waals surface area contributed by atoms with Crippen molar-refractivity contribution >= 4 is 17.4 Å². The van der Waals surface area contributed by atoms with E-state index in [1.807, 2.05) is 26.0 Å². The molecule has 0 atom stereocenters. The summed E-state index contributed by atoms with van der Waals surface area (Å²) in [6.45, 7) is 8.74. The smallest absolute Gasteiger partial charge is 0.257 e. The van der Waals surface area contributed by atoms with Crippen LogP contribution in [0.25, 0.3) is 11.3 Å².